The molecule has 9 heteroatoms. The van der Waals surface area contributed by atoms with Gasteiger partial charge in [0.05, 0.1) is 5.02 Å². The number of piperidine rings is 1. The molecular weight excluding hydrogens is 498 g/mol. The lowest BCUT2D eigenvalue weighted by Crippen LogP contribution is -2.49. The molecule has 3 aromatic rings. The second kappa shape index (κ2) is 12.6. The molecule has 1 aliphatic carbocycles. The lowest BCUT2D eigenvalue weighted by Gasteiger charge is -2.41. The predicted octanol–water partition coefficient (Wildman–Crippen LogP) is 6.05. The van der Waals surface area contributed by atoms with Gasteiger partial charge in [0.2, 0.25) is 17.8 Å². The Kier molecular flexibility index (Phi) is 8.81. The van der Waals surface area contributed by atoms with E-state index in [9.17, 15) is 0 Å². The average molecular weight is 536 g/mol. The summed E-state index contributed by atoms with van der Waals surface area (Å²) < 4.78 is 5.92. The number of anilines is 4. The summed E-state index contributed by atoms with van der Waals surface area (Å²) in [6.45, 7) is 2.61. The van der Waals surface area contributed by atoms with Crippen LogP contribution in [0.4, 0.5) is 23.5 Å². The molecule has 5 rings (SSSR count). The van der Waals surface area contributed by atoms with Gasteiger partial charge in [-0.2, -0.15) is 15.0 Å². The lowest BCUT2D eigenvalue weighted by molar-refractivity contribution is 0.239. The summed E-state index contributed by atoms with van der Waals surface area (Å²) in [5.74, 6) is 1.94. The Morgan fingerprint density at radius 1 is 0.947 bits per heavy atom. The number of benzene rings is 2. The Morgan fingerprint density at radius 2 is 1.66 bits per heavy atom. The van der Waals surface area contributed by atoms with E-state index in [1.807, 2.05) is 48.5 Å². The first kappa shape index (κ1) is 26.5. The molecule has 0 spiro atoms. The molecule has 202 valence electrons. The van der Waals surface area contributed by atoms with E-state index in [-0.39, 0.29) is 5.95 Å². The van der Waals surface area contributed by atoms with E-state index >= 15 is 0 Å². The Morgan fingerprint density at radius 3 is 2.37 bits per heavy atom. The van der Waals surface area contributed by atoms with Gasteiger partial charge in [-0.05, 0) is 69.6 Å². The predicted molar refractivity (Wildman–Crippen MR) is 154 cm³/mol. The quantitative estimate of drug-likeness (QED) is 0.336. The first-order valence-electron chi connectivity index (χ1n) is 13.8. The Labute approximate surface area is 230 Å². The third-order valence-corrected chi connectivity index (χ3v) is 7.89. The van der Waals surface area contributed by atoms with Crippen molar-refractivity contribution >= 4 is 35.1 Å². The zero-order chi connectivity index (χ0) is 26.3. The first-order chi connectivity index (χ1) is 18.5. The number of hydrogen-bond donors (Lipinski definition) is 2. The summed E-state index contributed by atoms with van der Waals surface area (Å²) in [5, 5.41) is 3.80. The number of aromatic nitrogens is 3. The van der Waals surface area contributed by atoms with Crippen molar-refractivity contribution < 1.29 is 4.74 Å². The topological polar surface area (TPSA) is 92.4 Å². The fourth-order valence-electron chi connectivity index (χ4n) is 5.55. The minimum Gasteiger partial charge on any atom is -0.487 e. The number of hydrogen-bond acceptors (Lipinski definition) is 8. The maximum absolute atomic E-state index is 6.55. The second-order valence-electron chi connectivity index (χ2n) is 10.4. The van der Waals surface area contributed by atoms with Crippen molar-refractivity contribution in [2.75, 3.05) is 36.1 Å². The van der Waals surface area contributed by atoms with E-state index in [2.05, 4.69) is 32.1 Å². The number of rotatable bonds is 8. The minimum atomic E-state index is 0.220. The van der Waals surface area contributed by atoms with Crippen molar-refractivity contribution in [3.63, 3.8) is 0 Å². The van der Waals surface area contributed by atoms with E-state index in [1.165, 1.54) is 38.5 Å². The standard InChI is InChI=1S/C29H38ClN7O/c1-36-17-15-24(16-18-36)37(23-11-7-2-3-8-12-23)29-34-27(31)33-28(35-29)32-22-13-14-26(25(30)19-22)38-20-21-9-5-4-6-10-21/h4-6,9-10,13-14,19,23-24H,2-3,7-8,11-12,15-18,20H2,1H3,(H3,31,32,33,34,35). The van der Waals surface area contributed by atoms with Gasteiger partial charge in [0.25, 0.3) is 0 Å². The Hall–Kier alpha value is -3.10. The van der Waals surface area contributed by atoms with Crippen molar-refractivity contribution in [2.45, 2.75) is 70.1 Å². The van der Waals surface area contributed by atoms with Crippen molar-refractivity contribution in [3.05, 3.63) is 59.1 Å². The summed E-state index contributed by atoms with van der Waals surface area (Å²) in [4.78, 5) is 18.8. The molecule has 2 aliphatic rings. The molecule has 2 fully saturated rings. The van der Waals surface area contributed by atoms with Crippen molar-refractivity contribution in [3.8, 4) is 5.75 Å². The van der Waals surface area contributed by atoms with Crippen molar-refractivity contribution in [1.82, 2.24) is 19.9 Å². The van der Waals surface area contributed by atoms with Gasteiger partial charge in [-0.15, -0.1) is 0 Å². The molecule has 2 aromatic carbocycles. The maximum Gasteiger partial charge on any atom is 0.233 e. The average Bonchev–Trinajstić information content (AvgIpc) is 3.19. The molecule has 8 nitrogen and oxygen atoms in total. The van der Waals surface area contributed by atoms with Gasteiger partial charge in [0.15, 0.2) is 0 Å². The molecule has 0 amide bonds. The molecular formula is C29H38ClN7O. The number of likely N-dealkylation sites (tertiary alicyclic amines) is 1. The monoisotopic (exact) mass is 535 g/mol. The highest BCUT2D eigenvalue weighted by Gasteiger charge is 2.32. The van der Waals surface area contributed by atoms with E-state index in [1.54, 1.807) is 0 Å². The SMILES string of the molecule is CN1CCC(N(c2nc(N)nc(Nc3ccc(OCc4ccccc4)c(Cl)c3)n2)C2CCCCCC2)CC1. The highest BCUT2D eigenvalue weighted by molar-refractivity contribution is 6.32. The normalized spacial score (nSPS) is 17.6. The molecule has 0 radical (unpaired) electrons. The van der Waals surface area contributed by atoms with Crippen LogP contribution in [0.2, 0.25) is 5.02 Å². The summed E-state index contributed by atoms with van der Waals surface area (Å²) >= 11 is 6.55. The van der Waals surface area contributed by atoms with Crippen LogP contribution in [-0.2, 0) is 6.61 Å². The van der Waals surface area contributed by atoms with E-state index in [0.29, 0.717) is 41.4 Å². The lowest BCUT2D eigenvalue weighted by atomic mass is 9.98. The molecule has 2 heterocycles. The zero-order valence-corrected chi connectivity index (χ0v) is 22.9. The fraction of sp³-hybridized carbons (Fsp3) is 0.483. The number of nitrogen functional groups attached to an aromatic ring is 1. The molecule has 0 atom stereocenters. The van der Waals surface area contributed by atoms with Crippen LogP contribution in [0.15, 0.2) is 48.5 Å². The van der Waals surface area contributed by atoms with Crippen LogP contribution in [-0.4, -0.2) is 52.1 Å². The third kappa shape index (κ3) is 6.85. The highest BCUT2D eigenvalue weighted by Crippen LogP contribution is 2.32. The summed E-state index contributed by atoms with van der Waals surface area (Å²) in [6.07, 6.45) is 9.63. The molecule has 1 saturated heterocycles. The molecule has 38 heavy (non-hydrogen) atoms. The van der Waals surface area contributed by atoms with Gasteiger partial charge in [-0.25, -0.2) is 0 Å². The van der Waals surface area contributed by atoms with Crippen LogP contribution >= 0.6 is 11.6 Å². The maximum atomic E-state index is 6.55. The number of halogens is 1. The van der Waals surface area contributed by atoms with Gasteiger partial charge in [-0.3, -0.25) is 0 Å². The zero-order valence-electron chi connectivity index (χ0n) is 22.2. The van der Waals surface area contributed by atoms with Crippen LogP contribution < -0.4 is 20.7 Å². The fourth-order valence-corrected chi connectivity index (χ4v) is 5.78. The second-order valence-corrected chi connectivity index (χ2v) is 10.9. The first-order valence-corrected chi connectivity index (χ1v) is 14.1. The number of nitrogens with one attached hydrogen (secondary N) is 1. The summed E-state index contributed by atoms with van der Waals surface area (Å²) in [6, 6.07) is 16.4. The third-order valence-electron chi connectivity index (χ3n) is 7.60. The van der Waals surface area contributed by atoms with Gasteiger partial charge in [0, 0.05) is 17.8 Å². The van der Waals surface area contributed by atoms with Crippen LogP contribution in [0.5, 0.6) is 5.75 Å². The van der Waals surface area contributed by atoms with Gasteiger partial charge in [0.1, 0.15) is 12.4 Å². The number of nitrogens with zero attached hydrogens (tertiary/aromatic N) is 5. The molecule has 3 N–H and O–H groups in total. The Bertz CT molecular complexity index is 1180. The molecule has 1 aromatic heterocycles. The highest BCUT2D eigenvalue weighted by atomic mass is 35.5. The molecule has 1 aliphatic heterocycles. The van der Waals surface area contributed by atoms with Crippen LogP contribution in [0, 0.1) is 0 Å². The van der Waals surface area contributed by atoms with Crippen molar-refractivity contribution in [1.29, 1.82) is 0 Å². The van der Waals surface area contributed by atoms with Crippen LogP contribution in [0.25, 0.3) is 0 Å². The minimum absolute atomic E-state index is 0.220. The largest absolute Gasteiger partial charge is 0.487 e. The van der Waals surface area contributed by atoms with Gasteiger partial charge < -0.3 is 25.6 Å². The van der Waals surface area contributed by atoms with E-state index in [0.717, 1.165) is 37.2 Å². The molecule has 0 unspecified atom stereocenters. The number of ether oxygens (including phenoxy) is 1. The van der Waals surface area contributed by atoms with Gasteiger partial charge in [-0.1, -0.05) is 67.6 Å². The van der Waals surface area contributed by atoms with Crippen LogP contribution in [0.3, 0.4) is 0 Å². The van der Waals surface area contributed by atoms with E-state index in [4.69, 9.17) is 27.1 Å². The summed E-state index contributed by atoms with van der Waals surface area (Å²) in [7, 11) is 2.19. The summed E-state index contributed by atoms with van der Waals surface area (Å²) in [5.41, 5.74) is 8.08. The van der Waals surface area contributed by atoms with Crippen LogP contribution in [0.1, 0.15) is 56.9 Å². The van der Waals surface area contributed by atoms with E-state index < -0.39 is 0 Å². The van der Waals surface area contributed by atoms with Crippen molar-refractivity contribution in [2.24, 2.45) is 0 Å². The molecule has 1 saturated carbocycles. The van der Waals surface area contributed by atoms with Gasteiger partial charge >= 0.3 is 0 Å². The Balaban J connectivity index is 1.34. The number of nitrogens with two attached hydrogens (primary N) is 1. The molecule has 0 bridgehead atoms. The smallest absolute Gasteiger partial charge is 0.233 e.